The van der Waals surface area contributed by atoms with Gasteiger partial charge in [-0.1, -0.05) is 36.8 Å². The Morgan fingerprint density at radius 1 is 1.20 bits per heavy atom. The Balaban J connectivity index is 1.50. The highest BCUT2D eigenvalue weighted by Gasteiger charge is 2.43. The SMILES string of the molecule is C[C@@H](NCc1ccccc1)[C@@H]1COC2(CCCCC2)O1. The molecule has 1 aliphatic heterocycles. The molecule has 2 aliphatic rings. The Bertz CT molecular complexity index is 414. The maximum atomic E-state index is 6.26. The summed E-state index contributed by atoms with van der Waals surface area (Å²) in [6, 6.07) is 10.8. The molecule has 0 aromatic heterocycles. The summed E-state index contributed by atoms with van der Waals surface area (Å²) >= 11 is 0. The van der Waals surface area contributed by atoms with Gasteiger partial charge >= 0.3 is 0 Å². The van der Waals surface area contributed by atoms with Crippen LogP contribution in [-0.4, -0.2) is 24.5 Å². The van der Waals surface area contributed by atoms with Crippen molar-refractivity contribution in [3.8, 4) is 0 Å². The molecule has 1 aliphatic carbocycles. The molecule has 20 heavy (non-hydrogen) atoms. The van der Waals surface area contributed by atoms with E-state index in [1.165, 1.54) is 24.8 Å². The third kappa shape index (κ3) is 3.22. The maximum absolute atomic E-state index is 6.26. The van der Waals surface area contributed by atoms with Gasteiger partial charge in [0, 0.05) is 25.4 Å². The monoisotopic (exact) mass is 275 g/mol. The van der Waals surface area contributed by atoms with Crippen LogP contribution in [-0.2, 0) is 16.0 Å². The lowest BCUT2D eigenvalue weighted by molar-refractivity contribution is -0.189. The highest BCUT2D eigenvalue weighted by Crippen LogP contribution is 2.38. The average Bonchev–Trinajstić information content (AvgIpc) is 2.90. The molecule has 1 spiro atoms. The van der Waals surface area contributed by atoms with Gasteiger partial charge in [0.25, 0.3) is 0 Å². The van der Waals surface area contributed by atoms with E-state index in [9.17, 15) is 0 Å². The van der Waals surface area contributed by atoms with Crippen molar-refractivity contribution in [3.63, 3.8) is 0 Å². The Hall–Kier alpha value is -0.900. The molecule has 0 radical (unpaired) electrons. The fraction of sp³-hybridized carbons (Fsp3) is 0.647. The second-order valence-corrected chi connectivity index (χ2v) is 6.09. The smallest absolute Gasteiger partial charge is 0.168 e. The van der Waals surface area contributed by atoms with Gasteiger partial charge in [-0.15, -0.1) is 0 Å². The minimum absolute atomic E-state index is 0.178. The van der Waals surface area contributed by atoms with Gasteiger partial charge in [-0.05, 0) is 25.3 Å². The molecule has 3 heteroatoms. The topological polar surface area (TPSA) is 30.5 Å². The average molecular weight is 275 g/mol. The Labute approximate surface area is 121 Å². The van der Waals surface area contributed by atoms with Crippen molar-refractivity contribution in [1.82, 2.24) is 5.32 Å². The van der Waals surface area contributed by atoms with Crippen molar-refractivity contribution in [2.24, 2.45) is 0 Å². The summed E-state index contributed by atoms with van der Waals surface area (Å²) in [7, 11) is 0. The molecule has 0 amide bonds. The summed E-state index contributed by atoms with van der Waals surface area (Å²) in [6.07, 6.45) is 6.10. The van der Waals surface area contributed by atoms with Crippen LogP contribution in [0.3, 0.4) is 0 Å². The lowest BCUT2D eigenvalue weighted by Crippen LogP contribution is -2.41. The van der Waals surface area contributed by atoms with Crippen molar-refractivity contribution in [3.05, 3.63) is 35.9 Å². The lowest BCUT2D eigenvalue weighted by atomic mass is 9.94. The van der Waals surface area contributed by atoms with Crippen molar-refractivity contribution < 1.29 is 9.47 Å². The molecule has 110 valence electrons. The molecule has 1 heterocycles. The van der Waals surface area contributed by atoms with Gasteiger partial charge in [0.05, 0.1) is 12.7 Å². The Morgan fingerprint density at radius 3 is 2.70 bits per heavy atom. The minimum Gasteiger partial charge on any atom is -0.347 e. The van der Waals surface area contributed by atoms with Gasteiger partial charge in [-0.3, -0.25) is 0 Å². The summed E-state index contributed by atoms with van der Waals surface area (Å²) in [5.41, 5.74) is 1.31. The van der Waals surface area contributed by atoms with Crippen molar-refractivity contribution >= 4 is 0 Å². The molecule has 1 saturated carbocycles. The van der Waals surface area contributed by atoms with Crippen LogP contribution in [0, 0.1) is 0 Å². The number of ether oxygens (including phenoxy) is 2. The van der Waals surface area contributed by atoms with Gasteiger partial charge in [-0.25, -0.2) is 0 Å². The zero-order valence-electron chi connectivity index (χ0n) is 12.3. The normalized spacial score (nSPS) is 26.8. The third-order valence-electron chi connectivity index (χ3n) is 4.52. The molecule has 0 unspecified atom stereocenters. The number of benzene rings is 1. The van der Waals surface area contributed by atoms with E-state index in [-0.39, 0.29) is 11.9 Å². The number of nitrogens with one attached hydrogen (secondary N) is 1. The number of hydrogen-bond donors (Lipinski definition) is 1. The van der Waals surface area contributed by atoms with Gasteiger partial charge in [0.2, 0.25) is 0 Å². The lowest BCUT2D eigenvalue weighted by Gasteiger charge is -2.32. The second-order valence-electron chi connectivity index (χ2n) is 6.09. The molecule has 2 atom stereocenters. The van der Waals surface area contributed by atoms with Crippen LogP contribution in [0.15, 0.2) is 30.3 Å². The largest absolute Gasteiger partial charge is 0.347 e. The third-order valence-corrected chi connectivity index (χ3v) is 4.52. The molecule has 0 bridgehead atoms. The van der Waals surface area contributed by atoms with Crippen LogP contribution >= 0.6 is 0 Å². The standard InChI is InChI=1S/C17H25NO2/c1-14(18-12-15-8-4-2-5-9-15)16-13-19-17(20-16)10-6-3-7-11-17/h2,4-5,8-9,14,16,18H,3,6-7,10-13H2,1H3/t14-,16+/m1/s1. The van der Waals surface area contributed by atoms with E-state index in [1.54, 1.807) is 0 Å². The second kappa shape index (κ2) is 6.25. The van der Waals surface area contributed by atoms with E-state index in [0.29, 0.717) is 6.04 Å². The summed E-state index contributed by atoms with van der Waals surface area (Å²) < 4.78 is 12.3. The van der Waals surface area contributed by atoms with Crippen LogP contribution in [0.1, 0.15) is 44.6 Å². The van der Waals surface area contributed by atoms with Crippen molar-refractivity contribution in [2.45, 2.75) is 63.5 Å². The summed E-state index contributed by atoms with van der Waals surface area (Å²) in [4.78, 5) is 0. The maximum Gasteiger partial charge on any atom is 0.168 e. The molecule has 1 saturated heterocycles. The van der Waals surface area contributed by atoms with Crippen molar-refractivity contribution in [1.29, 1.82) is 0 Å². The first-order chi connectivity index (χ1) is 9.77. The molecule has 1 aromatic rings. The zero-order chi connectivity index (χ0) is 13.8. The first kappa shape index (κ1) is 14.1. The van der Waals surface area contributed by atoms with E-state index in [4.69, 9.17) is 9.47 Å². The van der Waals surface area contributed by atoms with Gasteiger partial charge in [0.1, 0.15) is 0 Å². The van der Waals surface area contributed by atoms with E-state index in [1.807, 2.05) is 6.07 Å². The fourth-order valence-corrected chi connectivity index (χ4v) is 3.18. The highest BCUT2D eigenvalue weighted by atomic mass is 16.7. The Kier molecular flexibility index (Phi) is 4.39. The van der Waals surface area contributed by atoms with E-state index < -0.39 is 0 Å². The summed E-state index contributed by atoms with van der Waals surface area (Å²) in [5, 5.41) is 3.56. The van der Waals surface area contributed by atoms with Gasteiger partial charge < -0.3 is 14.8 Å². The molecular formula is C17H25NO2. The summed E-state index contributed by atoms with van der Waals surface area (Å²) in [6.45, 7) is 3.80. The molecule has 1 aromatic carbocycles. The van der Waals surface area contributed by atoms with Crippen LogP contribution < -0.4 is 5.32 Å². The molecule has 1 N–H and O–H groups in total. The summed E-state index contributed by atoms with van der Waals surface area (Å²) in [5.74, 6) is -0.258. The number of rotatable bonds is 4. The minimum atomic E-state index is -0.258. The van der Waals surface area contributed by atoms with Crippen LogP contribution in [0.2, 0.25) is 0 Å². The predicted octanol–water partition coefficient (Wildman–Crippen LogP) is 3.24. The zero-order valence-corrected chi connectivity index (χ0v) is 12.3. The first-order valence-electron chi connectivity index (χ1n) is 7.87. The number of hydrogen-bond acceptors (Lipinski definition) is 3. The van der Waals surface area contributed by atoms with Crippen molar-refractivity contribution in [2.75, 3.05) is 6.61 Å². The van der Waals surface area contributed by atoms with Gasteiger partial charge in [0.15, 0.2) is 5.79 Å². The first-order valence-corrected chi connectivity index (χ1v) is 7.87. The van der Waals surface area contributed by atoms with Crippen LogP contribution in [0.4, 0.5) is 0 Å². The molecule has 3 nitrogen and oxygen atoms in total. The molecule has 2 fully saturated rings. The quantitative estimate of drug-likeness (QED) is 0.915. The van der Waals surface area contributed by atoms with E-state index in [0.717, 1.165) is 26.0 Å². The highest BCUT2D eigenvalue weighted by molar-refractivity contribution is 5.14. The Morgan fingerprint density at radius 2 is 1.95 bits per heavy atom. The van der Waals surface area contributed by atoms with E-state index >= 15 is 0 Å². The van der Waals surface area contributed by atoms with Crippen LogP contribution in [0.5, 0.6) is 0 Å². The molecular weight excluding hydrogens is 250 g/mol. The molecule has 3 rings (SSSR count). The predicted molar refractivity (Wildman–Crippen MR) is 79.4 cm³/mol. The fourth-order valence-electron chi connectivity index (χ4n) is 3.18. The van der Waals surface area contributed by atoms with Gasteiger partial charge in [-0.2, -0.15) is 0 Å². The van der Waals surface area contributed by atoms with E-state index in [2.05, 4.69) is 36.5 Å². The van der Waals surface area contributed by atoms with Crippen LogP contribution in [0.25, 0.3) is 0 Å².